The first kappa shape index (κ1) is 17.0. The Morgan fingerprint density at radius 2 is 2.21 bits per heavy atom. The number of guanidine groups is 1. The van der Waals surface area contributed by atoms with Crippen molar-refractivity contribution in [3.05, 3.63) is 0 Å². The second kappa shape index (κ2) is 8.26. The molecule has 1 saturated carbocycles. The van der Waals surface area contributed by atoms with Gasteiger partial charge in [0, 0.05) is 38.3 Å². The number of nitrogens with zero attached hydrogens (tertiary/aromatic N) is 2. The number of ether oxygens (including phenoxy) is 1. The quantitative estimate of drug-likeness (QED) is 0.434. The van der Waals surface area contributed by atoms with Gasteiger partial charge in [-0.05, 0) is 26.7 Å². The van der Waals surface area contributed by atoms with Gasteiger partial charge in [-0.2, -0.15) is 0 Å². The van der Waals surface area contributed by atoms with Crippen molar-refractivity contribution < 1.29 is 4.74 Å². The number of morpholine rings is 1. The highest BCUT2D eigenvalue weighted by atomic mass is 127. The van der Waals surface area contributed by atoms with E-state index in [0.29, 0.717) is 18.1 Å². The molecule has 1 aliphatic carbocycles. The van der Waals surface area contributed by atoms with Crippen LogP contribution in [0, 0.1) is 0 Å². The van der Waals surface area contributed by atoms with Crippen molar-refractivity contribution in [2.45, 2.75) is 44.8 Å². The maximum atomic E-state index is 5.47. The molecule has 0 bridgehead atoms. The van der Waals surface area contributed by atoms with Crippen LogP contribution in [0.1, 0.15) is 26.7 Å². The van der Waals surface area contributed by atoms with E-state index in [0.717, 1.165) is 32.3 Å². The summed E-state index contributed by atoms with van der Waals surface area (Å²) >= 11 is 0. The summed E-state index contributed by atoms with van der Waals surface area (Å²) < 4.78 is 5.47. The zero-order valence-electron chi connectivity index (χ0n) is 12.2. The van der Waals surface area contributed by atoms with E-state index in [1.165, 1.54) is 12.8 Å². The third-order valence-electron chi connectivity index (χ3n) is 3.69. The first-order valence-corrected chi connectivity index (χ1v) is 7.01. The molecule has 2 rings (SSSR count). The van der Waals surface area contributed by atoms with Crippen LogP contribution in [-0.4, -0.2) is 62.3 Å². The Hall–Kier alpha value is -0.0800. The van der Waals surface area contributed by atoms with Crippen LogP contribution >= 0.6 is 24.0 Å². The van der Waals surface area contributed by atoms with Gasteiger partial charge in [0.2, 0.25) is 0 Å². The van der Waals surface area contributed by atoms with Crippen LogP contribution in [0.25, 0.3) is 0 Å². The molecular formula is C13H27IN4O. The lowest BCUT2D eigenvalue weighted by atomic mass is 10.2. The molecule has 2 fully saturated rings. The lowest BCUT2D eigenvalue weighted by Crippen LogP contribution is -2.53. The predicted molar refractivity (Wildman–Crippen MR) is 89.4 cm³/mol. The molecule has 2 N–H and O–H groups in total. The highest BCUT2D eigenvalue weighted by Gasteiger charge is 2.25. The van der Waals surface area contributed by atoms with E-state index in [1.54, 1.807) is 0 Å². The number of halogens is 1. The molecule has 1 aliphatic heterocycles. The van der Waals surface area contributed by atoms with Crippen LogP contribution in [0.5, 0.6) is 0 Å². The van der Waals surface area contributed by atoms with Crippen LogP contribution < -0.4 is 10.6 Å². The second-order valence-electron chi connectivity index (χ2n) is 5.38. The van der Waals surface area contributed by atoms with Gasteiger partial charge in [-0.25, -0.2) is 0 Å². The number of hydrogen-bond acceptors (Lipinski definition) is 3. The van der Waals surface area contributed by atoms with Crippen LogP contribution in [0.2, 0.25) is 0 Å². The van der Waals surface area contributed by atoms with Gasteiger partial charge in [0.05, 0.1) is 13.2 Å². The molecule has 2 aliphatic rings. The van der Waals surface area contributed by atoms with Gasteiger partial charge in [0.1, 0.15) is 0 Å². The van der Waals surface area contributed by atoms with Crippen molar-refractivity contribution >= 4 is 29.9 Å². The third kappa shape index (κ3) is 5.43. The van der Waals surface area contributed by atoms with Crippen LogP contribution in [0.15, 0.2) is 4.99 Å². The molecular weight excluding hydrogens is 355 g/mol. The summed E-state index contributed by atoms with van der Waals surface area (Å²) in [5.41, 5.74) is 0. The van der Waals surface area contributed by atoms with E-state index in [2.05, 4.69) is 34.4 Å². The lowest BCUT2D eigenvalue weighted by Gasteiger charge is -2.38. The maximum Gasteiger partial charge on any atom is 0.191 e. The number of hydrogen-bond donors (Lipinski definition) is 2. The topological polar surface area (TPSA) is 48.9 Å². The lowest BCUT2D eigenvalue weighted by molar-refractivity contribution is -0.0174. The Bertz CT molecular complexity index is 296. The summed E-state index contributed by atoms with van der Waals surface area (Å²) in [5.74, 6) is 0.935. The Morgan fingerprint density at radius 1 is 1.47 bits per heavy atom. The van der Waals surface area contributed by atoms with Gasteiger partial charge < -0.3 is 15.4 Å². The molecule has 1 heterocycles. The van der Waals surface area contributed by atoms with Crippen molar-refractivity contribution in [1.29, 1.82) is 0 Å². The summed E-state index contributed by atoms with van der Waals surface area (Å²) in [6.45, 7) is 8.14. The Labute approximate surface area is 133 Å². The summed E-state index contributed by atoms with van der Waals surface area (Å²) in [6, 6.07) is 1.66. The summed E-state index contributed by atoms with van der Waals surface area (Å²) in [5, 5.41) is 6.82. The minimum absolute atomic E-state index is 0. The summed E-state index contributed by atoms with van der Waals surface area (Å²) in [6.07, 6.45) is 2.55. The van der Waals surface area contributed by atoms with Gasteiger partial charge in [0.15, 0.2) is 5.96 Å². The van der Waals surface area contributed by atoms with Crippen molar-refractivity contribution in [1.82, 2.24) is 15.5 Å². The number of nitrogens with one attached hydrogen (secondary N) is 2. The molecule has 5 nitrogen and oxygen atoms in total. The molecule has 112 valence electrons. The molecule has 1 saturated heterocycles. The first-order valence-electron chi connectivity index (χ1n) is 7.01. The average molecular weight is 382 g/mol. The van der Waals surface area contributed by atoms with E-state index in [9.17, 15) is 0 Å². The molecule has 2 atom stereocenters. The zero-order chi connectivity index (χ0) is 13.0. The minimum Gasteiger partial charge on any atom is -0.379 e. The third-order valence-corrected chi connectivity index (χ3v) is 3.69. The van der Waals surface area contributed by atoms with E-state index >= 15 is 0 Å². The van der Waals surface area contributed by atoms with Crippen LogP contribution in [-0.2, 0) is 4.74 Å². The Kier molecular flexibility index (Phi) is 7.38. The smallest absolute Gasteiger partial charge is 0.191 e. The Balaban J connectivity index is 0.00000180. The van der Waals surface area contributed by atoms with E-state index < -0.39 is 0 Å². The molecule has 0 radical (unpaired) electrons. The fraction of sp³-hybridized carbons (Fsp3) is 0.923. The zero-order valence-corrected chi connectivity index (χ0v) is 14.5. The fourth-order valence-corrected chi connectivity index (χ4v) is 2.37. The van der Waals surface area contributed by atoms with Gasteiger partial charge >= 0.3 is 0 Å². The molecule has 0 spiro atoms. The van der Waals surface area contributed by atoms with Gasteiger partial charge in [0.25, 0.3) is 0 Å². The minimum atomic E-state index is 0. The highest BCUT2D eigenvalue weighted by Crippen LogP contribution is 2.18. The van der Waals surface area contributed by atoms with Crippen molar-refractivity contribution in [3.8, 4) is 0 Å². The van der Waals surface area contributed by atoms with E-state index in [4.69, 9.17) is 4.74 Å². The molecule has 19 heavy (non-hydrogen) atoms. The van der Waals surface area contributed by atoms with Crippen molar-refractivity contribution in [3.63, 3.8) is 0 Å². The molecule has 0 aromatic heterocycles. The summed E-state index contributed by atoms with van der Waals surface area (Å²) in [7, 11) is 1.83. The van der Waals surface area contributed by atoms with Crippen LogP contribution in [0.3, 0.4) is 0 Å². The van der Waals surface area contributed by atoms with Crippen molar-refractivity contribution in [2.24, 2.45) is 4.99 Å². The second-order valence-corrected chi connectivity index (χ2v) is 5.38. The normalized spacial score (nSPS) is 26.5. The van der Waals surface area contributed by atoms with Crippen molar-refractivity contribution in [2.75, 3.05) is 33.4 Å². The SMILES string of the molecule is CN=C(NCC(C)N1CCOCC1C)NC1CC1.I. The first-order chi connectivity index (χ1) is 8.70. The van der Waals surface area contributed by atoms with E-state index in [1.807, 2.05) is 7.05 Å². The number of aliphatic imine (C=N–C) groups is 1. The molecule has 2 unspecified atom stereocenters. The molecule has 6 heteroatoms. The molecule has 0 aromatic rings. The molecule has 0 aromatic carbocycles. The van der Waals surface area contributed by atoms with Gasteiger partial charge in [-0.3, -0.25) is 9.89 Å². The highest BCUT2D eigenvalue weighted by molar-refractivity contribution is 14.0. The Morgan fingerprint density at radius 3 is 2.79 bits per heavy atom. The maximum absolute atomic E-state index is 5.47. The fourth-order valence-electron chi connectivity index (χ4n) is 2.37. The van der Waals surface area contributed by atoms with Crippen LogP contribution in [0.4, 0.5) is 0 Å². The predicted octanol–water partition coefficient (Wildman–Crippen LogP) is 1.04. The van der Waals surface area contributed by atoms with Gasteiger partial charge in [-0.1, -0.05) is 0 Å². The summed E-state index contributed by atoms with van der Waals surface area (Å²) in [4.78, 5) is 6.76. The number of rotatable bonds is 4. The monoisotopic (exact) mass is 382 g/mol. The standard InChI is InChI=1S/C13H26N4O.HI/c1-10(17-6-7-18-9-11(17)2)8-15-13(14-3)16-12-4-5-12;/h10-12H,4-9H2,1-3H3,(H2,14,15,16);1H. The van der Waals surface area contributed by atoms with Gasteiger partial charge in [-0.15, -0.1) is 24.0 Å². The largest absolute Gasteiger partial charge is 0.379 e. The van der Waals surface area contributed by atoms with E-state index in [-0.39, 0.29) is 24.0 Å². The average Bonchev–Trinajstić information content (AvgIpc) is 3.18. The molecule has 0 amide bonds.